The van der Waals surface area contributed by atoms with Crippen LogP contribution in [0, 0.1) is 11.3 Å². The number of piperidine rings is 2. The van der Waals surface area contributed by atoms with E-state index in [9.17, 15) is 14.7 Å². The Morgan fingerprint density at radius 2 is 1.90 bits per heavy atom. The van der Waals surface area contributed by atoms with E-state index in [1.807, 2.05) is 0 Å². The van der Waals surface area contributed by atoms with E-state index in [0.717, 1.165) is 19.3 Å². The van der Waals surface area contributed by atoms with E-state index in [1.54, 1.807) is 0 Å². The first-order valence-corrected chi connectivity index (χ1v) is 11.6. The second kappa shape index (κ2) is 7.64. The van der Waals surface area contributed by atoms with Gasteiger partial charge in [-0.1, -0.05) is 19.1 Å². The molecule has 160 valence electrons. The number of nitrogens with one attached hydrogen (secondary N) is 1. The first-order valence-electron chi connectivity index (χ1n) is 11.6. The van der Waals surface area contributed by atoms with Gasteiger partial charge in [0, 0.05) is 35.6 Å². The van der Waals surface area contributed by atoms with Gasteiger partial charge in [0.05, 0.1) is 5.41 Å². The minimum atomic E-state index is -0.645. The summed E-state index contributed by atoms with van der Waals surface area (Å²) in [5, 5.41) is 11.2. The number of carboxylic acid groups (broad SMARTS) is 1. The summed E-state index contributed by atoms with van der Waals surface area (Å²) in [5.41, 5.74) is 3.29. The molecule has 2 aromatic rings. The Kier molecular flexibility index (Phi) is 5.31. The summed E-state index contributed by atoms with van der Waals surface area (Å²) in [4.78, 5) is 30.9. The number of carbonyl (C=O) groups is 2. The molecule has 3 heterocycles. The zero-order chi connectivity index (χ0) is 20.6. The number of nitrogens with zero attached hydrogens (tertiary/aromatic N) is 1. The molecule has 3 aliphatic carbocycles. The first kappa shape index (κ1) is 21.5. The zero-order valence-electron chi connectivity index (χ0n) is 17.6. The van der Waals surface area contributed by atoms with E-state index in [4.69, 9.17) is 0 Å². The molecule has 1 aromatic carbocycles. The summed E-state index contributed by atoms with van der Waals surface area (Å²) in [7, 11) is 0. The fourth-order valence-electron chi connectivity index (χ4n) is 7.14. The van der Waals surface area contributed by atoms with E-state index in [-0.39, 0.29) is 53.5 Å². The summed E-state index contributed by atoms with van der Waals surface area (Å²) in [6.45, 7) is 2.17. The molecule has 1 amide bonds. The van der Waals surface area contributed by atoms with Crippen molar-refractivity contribution in [2.45, 2.75) is 82.2 Å². The quantitative estimate of drug-likeness (QED) is 0.701. The number of carboxylic acids is 1. The van der Waals surface area contributed by atoms with Crippen molar-refractivity contribution in [3.05, 3.63) is 35.5 Å². The number of amides is 1. The molecule has 6 heteroatoms. The van der Waals surface area contributed by atoms with Gasteiger partial charge < -0.3 is 15.0 Å². The number of H-pyrrole nitrogens is 1. The molecule has 2 saturated heterocycles. The first-order chi connectivity index (χ1) is 14.4. The van der Waals surface area contributed by atoms with Crippen molar-refractivity contribution in [2.75, 3.05) is 0 Å². The SMILES string of the molecule is CC(CC(=O)N1C2CC3CC1CC(C(=O)O)(C3)C2)c1c[nH]c2cccc(C3CC3)c12.[NaH]. The van der Waals surface area contributed by atoms with Gasteiger partial charge in [-0.25, -0.2) is 0 Å². The Balaban J connectivity index is 0.00000204. The Hall–Kier alpha value is -1.30. The van der Waals surface area contributed by atoms with Crippen molar-refractivity contribution < 1.29 is 14.7 Å². The molecule has 4 bridgehead atoms. The van der Waals surface area contributed by atoms with Crippen LogP contribution in [0.15, 0.2) is 24.4 Å². The molecule has 5 nitrogen and oxygen atoms in total. The van der Waals surface area contributed by atoms with Crippen molar-refractivity contribution in [3.63, 3.8) is 0 Å². The third-order valence-electron chi connectivity index (χ3n) is 8.47. The molecule has 2 aliphatic heterocycles. The van der Waals surface area contributed by atoms with Crippen LogP contribution in [0.25, 0.3) is 10.9 Å². The zero-order valence-corrected chi connectivity index (χ0v) is 17.6. The number of fused-ring (bicyclic) bond motifs is 1. The molecule has 1 aromatic heterocycles. The van der Waals surface area contributed by atoms with Crippen molar-refractivity contribution in [1.29, 1.82) is 0 Å². The Labute approximate surface area is 205 Å². The van der Waals surface area contributed by atoms with Crippen LogP contribution in [0.3, 0.4) is 0 Å². The van der Waals surface area contributed by atoms with Crippen LogP contribution in [-0.4, -0.2) is 68.5 Å². The van der Waals surface area contributed by atoms with Crippen LogP contribution in [0.5, 0.6) is 0 Å². The Morgan fingerprint density at radius 1 is 1.19 bits per heavy atom. The second-order valence-electron chi connectivity index (χ2n) is 10.5. The number of rotatable bonds is 5. The maximum atomic E-state index is 13.4. The molecule has 3 atom stereocenters. The second-order valence-corrected chi connectivity index (χ2v) is 10.5. The third-order valence-corrected chi connectivity index (χ3v) is 8.47. The van der Waals surface area contributed by atoms with Crippen molar-refractivity contribution in [3.8, 4) is 0 Å². The molecule has 0 spiro atoms. The Bertz CT molecular complexity index is 1030. The maximum absolute atomic E-state index is 13.4. The number of aliphatic carboxylic acids is 1. The molecule has 0 radical (unpaired) electrons. The minimum absolute atomic E-state index is 0. The molecule has 5 fully saturated rings. The average Bonchev–Trinajstić information content (AvgIpc) is 3.44. The summed E-state index contributed by atoms with van der Waals surface area (Å²) in [6, 6.07) is 6.75. The van der Waals surface area contributed by atoms with Crippen LogP contribution in [0.4, 0.5) is 0 Å². The van der Waals surface area contributed by atoms with Gasteiger partial charge in [-0.15, -0.1) is 0 Å². The molecule has 7 rings (SSSR count). The normalized spacial score (nSPS) is 32.2. The van der Waals surface area contributed by atoms with Gasteiger partial charge in [-0.3, -0.25) is 9.59 Å². The van der Waals surface area contributed by atoms with Crippen molar-refractivity contribution in [1.82, 2.24) is 9.88 Å². The van der Waals surface area contributed by atoms with Gasteiger partial charge in [0.2, 0.25) is 5.91 Å². The van der Waals surface area contributed by atoms with Crippen molar-refractivity contribution >= 4 is 52.3 Å². The van der Waals surface area contributed by atoms with E-state index in [1.165, 1.54) is 34.9 Å². The monoisotopic (exact) mass is 430 g/mol. The van der Waals surface area contributed by atoms with Crippen LogP contribution in [0.2, 0.25) is 0 Å². The van der Waals surface area contributed by atoms with E-state index in [2.05, 4.69) is 41.2 Å². The number of benzene rings is 1. The summed E-state index contributed by atoms with van der Waals surface area (Å²) >= 11 is 0. The fraction of sp³-hybridized carbons (Fsp3) is 0.600. The molecule has 3 saturated carbocycles. The van der Waals surface area contributed by atoms with Crippen LogP contribution in [-0.2, 0) is 9.59 Å². The van der Waals surface area contributed by atoms with Gasteiger partial charge in [-0.05, 0) is 79.9 Å². The molecular weight excluding hydrogens is 399 g/mol. The molecule has 3 unspecified atom stereocenters. The molecule has 5 aliphatic rings. The van der Waals surface area contributed by atoms with E-state index in [0.29, 0.717) is 31.1 Å². The van der Waals surface area contributed by atoms with Gasteiger partial charge in [0.15, 0.2) is 0 Å². The van der Waals surface area contributed by atoms with Gasteiger partial charge in [-0.2, -0.15) is 0 Å². The summed E-state index contributed by atoms with van der Waals surface area (Å²) in [6.07, 6.45) is 9.22. The van der Waals surface area contributed by atoms with Crippen LogP contribution in [0.1, 0.15) is 81.3 Å². The third kappa shape index (κ3) is 3.39. The Morgan fingerprint density at radius 3 is 2.55 bits per heavy atom. The predicted molar refractivity (Wildman–Crippen MR) is 122 cm³/mol. The number of carbonyl (C=O) groups excluding carboxylic acids is 1. The van der Waals surface area contributed by atoms with Gasteiger partial charge in [0.25, 0.3) is 0 Å². The molecular formula is C25H31N2NaO3. The van der Waals surface area contributed by atoms with Crippen LogP contribution >= 0.6 is 0 Å². The van der Waals surface area contributed by atoms with Crippen molar-refractivity contribution in [2.24, 2.45) is 11.3 Å². The molecule has 2 N–H and O–H groups in total. The van der Waals surface area contributed by atoms with Gasteiger partial charge in [0.1, 0.15) is 0 Å². The van der Waals surface area contributed by atoms with Gasteiger partial charge >= 0.3 is 35.5 Å². The standard InChI is InChI=1S/C25H30N2O3.Na.H/c1-14(20-13-26-21-4-2-3-19(23(20)21)16-5-6-16)7-22(28)27-17-8-15-9-18(27)12-25(10-15,11-17)24(29)30;;/h2-4,13-18,26H,5-12H2,1H3,(H,29,30);;. The topological polar surface area (TPSA) is 73.4 Å². The molecule has 31 heavy (non-hydrogen) atoms. The predicted octanol–water partition coefficient (Wildman–Crippen LogP) is 4.13. The summed E-state index contributed by atoms with van der Waals surface area (Å²) < 4.78 is 0. The van der Waals surface area contributed by atoms with Crippen LogP contribution < -0.4 is 0 Å². The van der Waals surface area contributed by atoms with E-state index >= 15 is 0 Å². The number of aromatic amines is 1. The summed E-state index contributed by atoms with van der Waals surface area (Å²) in [5.74, 6) is 0.877. The average molecular weight is 431 g/mol. The number of hydrogen-bond acceptors (Lipinski definition) is 2. The number of aromatic nitrogens is 1. The fourth-order valence-corrected chi connectivity index (χ4v) is 7.14. The van der Waals surface area contributed by atoms with E-state index < -0.39 is 11.4 Å². The number of hydrogen-bond donors (Lipinski definition) is 2.